The minimum Gasteiger partial charge on any atom is -0.493 e. The summed E-state index contributed by atoms with van der Waals surface area (Å²) < 4.78 is 16.7. The molecule has 0 atom stereocenters. The van der Waals surface area contributed by atoms with Crippen molar-refractivity contribution in [1.82, 2.24) is 14.9 Å². The molecular formula is C21H23N3O3S. The first-order valence-electron chi connectivity index (χ1n) is 9.14. The van der Waals surface area contributed by atoms with Gasteiger partial charge in [0, 0.05) is 52.9 Å². The van der Waals surface area contributed by atoms with Gasteiger partial charge in [0.1, 0.15) is 6.61 Å². The van der Waals surface area contributed by atoms with E-state index < -0.39 is 0 Å². The van der Waals surface area contributed by atoms with E-state index in [1.807, 2.05) is 12.4 Å². The summed E-state index contributed by atoms with van der Waals surface area (Å²) in [5.74, 6) is 1.63. The topological polar surface area (TPSA) is 56.7 Å². The van der Waals surface area contributed by atoms with Gasteiger partial charge in [-0.15, -0.1) is 11.3 Å². The van der Waals surface area contributed by atoms with Crippen molar-refractivity contribution in [1.29, 1.82) is 0 Å². The minimum atomic E-state index is 0.383. The summed E-state index contributed by atoms with van der Waals surface area (Å²) >= 11 is 1.78. The Morgan fingerprint density at radius 1 is 1.14 bits per heavy atom. The zero-order valence-corrected chi connectivity index (χ0v) is 17.1. The molecule has 28 heavy (non-hydrogen) atoms. The van der Waals surface area contributed by atoms with E-state index in [9.17, 15) is 0 Å². The molecule has 0 saturated carbocycles. The minimum absolute atomic E-state index is 0.383. The summed E-state index contributed by atoms with van der Waals surface area (Å²) in [5.41, 5.74) is 3.33. The first-order chi connectivity index (χ1) is 13.7. The average Bonchev–Trinajstić information content (AvgIpc) is 3.04. The van der Waals surface area contributed by atoms with Gasteiger partial charge in [-0.05, 0) is 36.8 Å². The van der Waals surface area contributed by atoms with Crippen LogP contribution in [0.2, 0.25) is 0 Å². The summed E-state index contributed by atoms with van der Waals surface area (Å²) in [6.45, 7) is 5.07. The molecule has 3 heterocycles. The molecule has 1 aromatic carbocycles. The largest absolute Gasteiger partial charge is 0.493 e. The summed E-state index contributed by atoms with van der Waals surface area (Å²) in [6, 6.07) is 8.97. The number of fused-ring (bicyclic) bond motifs is 1. The van der Waals surface area contributed by atoms with E-state index >= 15 is 0 Å². The van der Waals surface area contributed by atoms with E-state index in [4.69, 9.17) is 14.2 Å². The number of nitrogens with zero attached hydrogens (tertiary/aromatic N) is 3. The molecule has 0 saturated heterocycles. The van der Waals surface area contributed by atoms with E-state index in [1.54, 1.807) is 25.6 Å². The number of hydrogen-bond acceptors (Lipinski definition) is 7. The standard InChI is InChI=1S/C21H23N3O3S/c1-14-4-5-19(28-14)16-8-17-13-24(6-7-27-20(17)18(9-16)25-2)12-15-10-22-21(26-3)23-11-15/h4-5,8-11H,6-7,12-13H2,1-3H3. The summed E-state index contributed by atoms with van der Waals surface area (Å²) in [7, 11) is 3.26. The molecule has 146 valence electrons. The fourth-order valence-electron chi connectivity index (χ4n) is 3.34. The van der Waals surface area contributed by atoms with Gasteiger partial charge in [0.15, 0.2) is 11.5 Å². The molecule has 1 aliphatic heterocycles. The van der Waals surface area contributed by atoms with Crippen LogP contribution < -0.4 is 14.2 Å². The molecule has 1 aliphatic rings. The molecule has 0 radical (unpaired) electrons. The highest BCUT2D eigenvalue weighted by atomic mass is 32.1. The molecule has 2 aromatic heterocycles. The van der Waals surface area contributed by atoms with Gasteiger partial charge in [-0.3, -0.25) is 4.90 Å². The molecule has 6 nitrogen and oxygen atoms in total. The van der Waals surface area contributed by atoms with Crippen LogP contribution in [0, 0.1) is 6.92 Å². The molecule has 0 spiro atoms. The van der Waals surface area contributed by atoms with Crippen LogP contribution in [0.4, 0.5) is 0 Å². The molecule has 3 aromatic rings. The molecule has 0 N–H and O–H groups in total. The van der Waals surface area contributed by atoms with E-state index in [0.29, 0.717) is 12.6 Å². The zero-order chi connectivity index (χ0) is 19.5. The van der Waals surface area contributed by atoms with Crippen LogP contribution in [0.1, 0.15) is 16.0 Å². The van der Waals surface area contributed by atoms with Gasteiger partial charge in [0.05, 0.1) is 14.2 Å². The highest BCUT2D eigenvalue weighted by Gasteiger charge is 2.21. The predicted molar refractivity (Wildman–Crippen MR) is 109 cm³/mol. The average molecular weight is 398 g/mol. The monoisotopic (exact) mass is 397 g/mol. The Morgan fingerprint density at radius 3 is 2.64 bits per heavy atom. The van der Waals surface area contributed by atoms with Crippen molar-refractivity contribution in [3.63, 3.8) is 0 Å². The van der Waals surface area contributed by atoms with E-state index in [1.165, 1.54) is 9.75 Å². The van der Waals surface area contributed by atoms with Crippen molar-refractivity contribution in [3.8, 4) is 28.0 Å². The van der Waals surface area contributed by atoms with E-state index in [0.717, 1.165) is 47.8 Å². The van der Waals surface area contributed by atoms with Gasteiger partial charge in [-0.2, -0.15) is 0 Å². The van der Waals surface area contributed by atoms with Crippen molar-refractivity contribution in [2.75, 3.05) is 27.4 Å². The Labute approximate surface area is 168 Å². The second kappa shape index (κ2) is 8.16. The van der Waals surface area contributed by atoms with Gasteiger partial charge in [0.2, 0.25) is 0 Å². The highest BCUT2D eigenvalue weighted by Crippen LogP contribution is 2.40. The van der Waals surface area contributed by atoms with Gasteiger partial charge in [-0.1, -0.05) is 0 Å². The predicted octanol–water partition coefficient (Wildman–Crippen LogP) is 3.93. The second-order valence-corrected chi connectivity index (χ2v) is 8.00. The first-order valence-corrected chi connectivity index (χ1v) is 9.95. The maximum absolute atomic E-state index is 6.06. The number of aromatic nitrogens is 2. The number of aryl methyl sites for hydroxylation is 1. The van der Waals surface area contributed by atoms with Crippen LogP contribution in [-0.2, 0) is 13.1 Å². The van der Waals surface area contributed by atoms with Gasteiger partial charge >= 0.3 is 6.01 Å². The summed E-state index contributed by atoms with van der Waals surface area (Å²) in [6.07, 6.45) is 3.62. The number of methoxy groups -OCH3 is 2. The lowest BCUT2D eigenvalue weighted by atomic mass is 10.1. The van der Waals surface area contributed by atoms with Crippen molar-refractivity contribution in [2.45, 2.75) is 20.0 Å². The molecule has 0 amide bonds. The second-order valence-electron chi connectivity index (χ2n) is 6.71. The molecule has 0 aliphatic carbocycles. The molecule has 4 rings (SSSR count). The fourth-order valence-corrected chi connectivity index (χ4v) is 4.20. The lowest BCUT2D eigenvalue weighted by molar-refractivity contribution is 0.216. The Kier molecular flexibility index (Phi) is 5.45. The molecular weight excluding hydrogens is 374 g/mol. The third-order valence-corrected chi connectivity index (χ3v) is 5.74. The first kappa shape index (κ1) is 18.7. The third-order valence-electron chi connectivity index (χ3n) is 4.69. The summed E-state index contributed by atoms with van der Waals surface area (Å²) in [4.78, 5) is 13.3. The lowest BCUT2D eigenvalue weighted by Gasteiger charge is -2.19. The van der Waals surface area contributed by atoms with Crippen molar-refractivity contribution < 1.29 is 14.2 Å². The smallest absolute Gasteiger partial charge is 0.316 e. The number of hydrogen-bond donors (Lipinski definition) is 0. The number of ether oxygens (including phenoxy) is 3. The van der Waals surface area contributed by atoms with Crippen LogP contribution in [0.25, 0.3) is 10.4 Å². The fraction of sp³-hybridized carbons (Fsp3) is 0.333. The van der Waals surface area contributed by atoms with Gasteiger partial charge in [0.25, 0.3) is 0 Å². The van der Waals surface area contributed by atoms with Crippen LogP contribution in [0.3, 0.4) is 0 Å². The Bertz CT molecular complexity index is 956. The molecule has 0 unspecified atom stereocenters. The van der Waals surface area contributed by atoms with Crippen LogP contribution in [0.15, 0.2) is 36.7 Å². The SMILES string of the molecule is COc1ncc(CN2CCOc3c(cc(-c4ccc(C)s4)cc3OC)C2)cn1. The summed E-state index contributed by atoms with van der Waals surface area (Å²) in [5, 5.41) is 0. The normalized spacial score (nSPS) is 14.1. The van der Waals surface area contributed by atoms with Gasteiger partial charge < -0.3 is 14.2 Å². The molecule has 7 heteroatoms. The van der Waals surface area contributed by atoms with Crippen LogP contribution in [0.5, 0.6) is 17.5 Å². The third kappa shape index (κ3) is 3.95. The van der Waals surface area contributed by atoms with E-state index in [-0.39, 0.29) is 0 Å². The Balaban J connectivity index is 1.62. The molecule has 0 fully saturated rings. The van der Waals surface area contributed by atoms with Crippen LogP contribution >= 0.6 is 11.3 Å². The number of thiophene rings is 1. The molecule has 0 bridgehead atoms. The Morgan fingerprint density at radius 2 is 1.96 bits per heavy atom. The zero-order valence-electron chi connectivity index (χ0n) is 16.3. The lowest BCUT2D eigenvalue weighted by Crippen LogP contribution is -2.25. The highest BCUT2D eigenvalue weighted by molar-refractivity contribution is 7.15. The van der Waals surface area contributed by atoms with Crippen LogP contribution in [-0.4, -0.2) is 42.2 Å². The van der Waals surface area contributed by atoms with Crippen molar-refractivity contribution in [2.24, 2.45) is 0 Å². The van der Waals surface area contributed by atoms with Crippen molar-refractivity contribution in [3.05, 3.63) is 52.7 Å². The maximum Gasteiger partial charge on any atom is 0.316 e. The Hall–Kier alpha value is -2.64. The van der Waals surface area contributed by atoms with Gasteiger partial charge in [-0.25, -0.2) is 9.97 Å². The van der Waals surface area contributed by atoms with E-state index in [2.05, 4.69) is 46.1 Å². The van der Waals surface area contributed by atoms with Crippen molar-refractivity contribution >= 4 is 11.3 Å². The number of benzene rings is 1. The number of rotatable bonds is 5. The quantitative estimate of drug-likeness (QED) is 0.650. The maximum atomic E-state index is 6.06.